The number of carboxylic acids is 1. The Kier molecular flexibility index (Phi) is 3.77. The zero-order chi connectivity index (χ0) is 14.5. The van der Waals surface area contributed by atoms with E-state index in [0.29, 0.717) is 0 Å². The fourth-order valence-electron chi connectivity index (χ4n) is 1.47. The SMILES string of the molecule is COc1cc(C(=O)O)ccc1Oc1nccnc1C#N. The Bertz CT molecular complexity index is 694. The molecule has 0 amide bonds. The zero-order valence-corrected chi connectivity index (χ0v) is 10.4. The van der Waals surface area contributed by atoms with E-state index in [1.165, 1.54) is 37.7 Å². The first kappa shape index (κ1) is 13.3. The van der Waals surface area contributed by atoms with Crippen LogP contribution in [0.4, 0.5) is 0 Å². The van der Waals surface area contributed by atoms with Gasteiger partial charge >= 0.3 is 5.97 Å². The predicted octanol–water partition coefficient (Wildman–Crippen LogP) is 1.85. The van der Waals surface area contributed by atoms with E-state index in [1.807, 2.05) is 6.07 Å². The minimum Gasteiger partial charge on any atom is -0.493 e. The Hall–Kier alpha value is -3.14. The first-order valence-electron chi connectivity index (χ1n) is 5.46. The van der Waals surface area contributed by atoms with Crippen LogP contribution >= 0.6 is 0 Å². The number of carbonyl (C=O) groups is 1. The van der Waals surface area contributed by atoms with Crippen LogP contribution in [0.25, 0.3) is 0 Å². The normalized spacial score (nSPS) is 9.60. The third-order valence-corrected chi connectivity index (χ3v) is 2.39. The molecule has 0 aliphatic rings. The Balaban J connectivity index is 2.39. The molecule has 7 heteroatoms. The monoisotopic (exact) mass is 271 g/mol. The summed E-state index contributed by atoms with van der Waals surface area (Å²) in [6, 6.07) is 5.96. The molecule has 1 aromatic heterocycles. The quantitative estimate of drug-likeness (QED) is 0.904. The highest BCUT2D eigenvalue weighted by atomic mass is 16.5. The number of aromatic carboxylic acids is 1. The lowest BCUT2D eigenvalue weighted by Gasteiger charge is -2.10. The summed E-state index contributed by atoms with van der Waals surface area (Å²) in [4.78, 5) is 18.6. The number of aromatic nitrogens is 2. The van der Waals surface area contributed by atoms with Crippen molar-refractivity contribution in [1.29, 1.82) is 5.26 Å². The van der Waals surface area contributed by atoms with Crippen LogP contribution in [-0.4, -0.2) is 28.2 Å². The number of hydrogen-bond donors (Lipinski definition) is 1. The highest BCUT2D eigenvalue weighted by Gasteiger charge is 2.13. The molecule has 1 aromatic carbocycles. The summed E-state index contributed by atoms with van der Waals surface area (Å²) in [6.07, 6.45) is 2.75. The molecule has 0 spiro atoms. The minimum absolute atomic E-state index is 0.0244. The van der Waals surface area contributed by atoms with E-state index in [0.717, 1.165) is 0 Å². The summed E-state index contributed by atoms with van der Waals surface area (Å²) in [5.74, 6) is -0.586. The van der Waals surface area contributed by atoms with E-state index in [4.69, 9.17) is 19.8 Å². The number of nitriles is 1. The molecular formula is C13H9N3O4. The van der Waals surface area contributed by atoms with Gasteiger partial charge in [-0.05, 0) is 18.2 Å². The second kappa shape index (κ2) is 5.67. The number of methoxy groups -OCH3 is 1. The Morgan fingerprint density at radius 1 is 1.30 bits per heavy atom. The van der Waals surface area contributed by atoms with Gasteiger partial charge in [0.05, 0.1) is 12.7 Å². The molecule has 0 fully saturated rings. The van der Waals surface area contributed by atoms with Gasteiger partial charge in [-0.3, -0.25) is 0 Å². The first-order chi connectivity index (χ1) is 9.65. The van der Waals surface area contributed by atoms with Crippen LogP contribution in [0.1, 0.15) is 16.1 Å². The molecule has 2 aromatic rings. The van der Waals surface area contributed by atoms with Crippen LogP contribution in [0, 0.1) is 11.3 Å². The molecule has 0 bridgehead atoms. The lowest BCUT2D eigenvalue weighted by molar-refractivity contribution is 0.0696. The van der Waals surface area contributed by atoms with Crippen molar-refractivity contribution >= 4 is 5.97 Å². The standard InChI is InChI=1S/C13H9N3O4/c1-19-11-6-8(13(17)18)2-3-10(11)20-12-9(7-14)15-4-5-16-12/h2-6H,1H3,(H,17,18). The van der Waals surface area contributed by atoms with E-state index in [-0.39, 0.29) is 28.6 Å². The van der Waals surface area contributed by atoms with Gasteiger partial charge in [-0.15, -0.1) is 0 Å². The molecule has 0 saturated carbocycles. The average Bonchev–Trinajstić information content (AvgIpc) is 2.48. The number of nitrogens with zero attached hydrogens (tertiary/aromatic N) is 3. The molecule has 100 valence electrons. The molecular weight excluding hydrogens is 262 g/mol. The zero-order valence-electron chi connectivity index (χ0n) is 10.4. The smallest absolute Gasteiger partial charge is 0.335 e. The largest absolute Gasteiger partial charge is 0.493 e. The predicted molar refractivity (Wildman–Crippen MR) is 66.8 cm³/mol. The molecule has 20 heavy (non-hydrogen) atoms. The lowest BCUT2D eigenvalue weighted by Crippen LogP contribution is -2.00. The van der Waals surface area contributed by atoms with Gasteiger partial charge in [0.25, 0.3) is 5.88 Å². The van der Waals surface area contributed by atoms with Gasteiger partial charge in [0.15, 0.2) is 11.5 Å². The maximum atomic E-state index is 10.9. The average molecular weight is 271 g/mol. The maximum Gasteiger partial charge on any atom is 0.335 e. The van der Waals surface area contributed by atoms with Crippen LogP contribution in [0.5, 0.6) is 17.4 Å². The maximum absolute atomic E-state index is 10.9. The van der Waals surface area contributed by atoms with Crippen LogP contribution in [0.2, 0.25) is 0 Å². The topological polar surface area (TPSA) is 105 Å². The molecule has 0 aliphatic carbocycles. The van der Waals surface area contributed by atoms with E-state index >= 15 is 0 Å². The molecule has 0 atom stereocenters. The van der Waals surface area contributed by atoms with Gasteiger partial charge in [0.1, 0.15) is 6.07 Å². The van der Waals surface area contributed by atoms with Gasteiger partial charge in [0, 0.05) is 12.4 Å². The summed E-state index contributed by atoms with van der Waals surface area (Å²) in [5, 5.41) is 17.8. The van der Waals surface area contributed by atoms with Crippen molar-refractivity contribution in [3.8, 4) is 23.4 Å². The van der Waals surface area contributed by atoms with Gasteiger partial charge in [-0.2, -0.15) is 5.26 Å². The third kappa shape index (κ3) is 2.64. The summed E-state index contributed by atoms with van der Waals surface area (Å²) in [7, 11) is 1.38. The van der Waals surface area contributed by atoms with Gasteiger partial charge in [-0.25, -0.2) is 14.8 Å². The van der Waals surface area contributed by atoms with Gasteiger partial charge < -0.3 is 14.6 Å². The van der Waals surface area contributed by atoms with E-state index in [1.54, 1.807) is 0 Å². The molecule has 2 rings (SSSR count). The number of rotatable bonds is 4. The molecule has 0 saturated heterocycles. The van der Waals surface area contributed by atoms with Crippen molar-refractivity contribution in [1.82, 2.24) is 9.97 Å². The summed E-state index contributed by atoms with van der Waals surface area (Å²) >= 11 is 0. The lowest BCUT2D eigenvalue weighted by atomic mass is 10.2. The fraction of sp³-hybridized carbons (Fsp3) is 0.0769. The summed E-state index contributed by atoms with van der Waals surface area (Å²) in [6.45, 7) is 0. The van der Waals surface area contributed by atoms with E-state index in [9.17, 15) is 4.79 Å². The summed E-state index contributed by atoms with van der Waals surface area (Å²) in [5.41, 5.74) is 0.0886. The van der Waals surface area contributed by atoms with Gasteiger partial charge in [-0.1, -0.05) is 0 Å². The first-order valence-corrected chi connectivity index (χ1v) is 5.46. The number of hydrogen-bond acceptors (Lipinski definition) is 6. The van der Waals surface area contributed by atoms with Crippen LogP contribution in [0.3, 0.4) is 0 Å². The summed E-state index contributed by atoms with van der Waals surface area (Å²) < 4.78 is 10.5. The van der Waals surface area contributed by atoms with Crippen LogP contribution in [-0.2, 0) is 0 Å². The molecule has 7 nitrogen and oxygen atoms in total. The second-order valence-corrected chi connectivity index (χ2v) is 3.59. The van der Waals surface area contributed by atoms with Crippen LogP contribution < -0.4 is 9.47 Å². The Labute approximate surface area is 114 Å². The van der Waals surface area contributed by atoms with Crippen molar-refractivity contribution < 1.29 is 19.4 Å². The van der Waals surface area contributed by atoms with Crippen molar-refractivity contribution in [2.75, 3.05) is 7.11 Å². The Morgan fingerprint density at radius 2 is 2.05 bits per heavy atom. The van der Waals surface area contributed by atoms with E-state index in [2.05, 4.69) is 9.97 Å². The molecule has 0 aliphatic heterocycles. The highest BCUT2D eigenvalue weighted by molar-refractivity contribution is 5.88. The number of carboxylic acid groups (broad SMARTS) is 1. The molecule has 0 unspecified atom stereocenters. The van der Waals surface area contributed by atoms with Crippen molar-refractivity contribution in [2.24, 2.45) is 0 Å². The highest BCUT2D eigenvalue weighted by Crippen LogP contribution is 2.32. The van der Waals surface area contributed by atoms with Gasteiger partial charge in [0.2, 0.25) is 5.69 Å². The minimum atomic E-state index is -1.08. The molecule has 1 N–H and O–H groups in total. The van der Waals surface area contributed by atoms with Crippen molar-refractivity contribution in [3.63, 3.8) is 0 Å². The van der Waals surface area contributed by atoms with Crippen LogP contribution in [0.15, 0.2) is 30.6 Å². The number of benzene rings is 1. The van der Waals surface area contributed by atoms with Crippen molar-refractivity contribution in [2.45, 2.75) is 0 Å². The Morgan fingerprint density at radius 3 is 2.70 bits per heavy atom. The molecule has 0 radical (unpaired) electrons. The second-order valence-electron chi connectivity index (χ2n) is 3.59. The molecule has 1 heterocycles. The third-order valence-electron chi connectivity index (χ3n) is 2.39. The van der Waals surface area contributed by atoms with E-state index < -0.39 is 5.97 Å². The van der Waals surface area contributed by atoms with Crippen molar-refractivity contribution in [3.05, 3.63) is 41.9 Å². The fourth-order valence-corrected chi connectivity index (χ4v) is 1.47. The number of ether oxygens (including phenoxy) is 2.